The van der Waals surface area contributed by atoms with Crippen molar-refractivity contribution in [3.63, 3.8) is 0 Å². The van der Waals surface area contributed by atoms with Gasteiger partial charge in [-0.15, -0.1) is 0 Å². The number of carbonyl (C=O) groups excluding carboxylic acids is 1. The molecule has 2 aromatic rings. The summed E-state index contributed by atoms with van der Waals surface area (Å²) in [6.07, 6.45) is 0. The molecule has 122 valence electrons. The topological polar surface area (TPSA) is 79.8 Å². The lowest BCUT2D eigenvalue weighted by molar-refractivity contribution is -0.163. The van der Waals surface area contributed by atoms with Crippen molar-refractivity contribution in [1.82, 2.24) is 9.97 Å². The Morgan fingerprint density at radius 1 is 0.957 bits per heavy atom. The first-order valence-corrected chi connectivity index (χ1v) is 6.79. The van der Waals surface area contributed by atoms with Gasteiger partial charge in [0.2, 0.25) is 17.4 Å². The Hall–Kier alpha value is -2.67. The largest absolute Gasteiger partial charge is 0.481 e. The van der Waals surface area contributed by atoms with Crippen LogP contribution in [0.4, 0.5) is 0 Å². The first kappa shape index (κ1) is 16.7. The maximum Gasteiger partial charge on any atom is 0.351 e. The van der Waals surface area contributed by atoms with E-state index in [0.29, 0.717) is 5.56 Å². The third-order valence-corrected chi connectivity index (χ3v) is 3.37. The molecule has 1 aromatic carbocycles. The number of methoxy groups -OCH3 is 4. The zero-order valence-electron chi connectivity index (χ0n) is 13.4. The molecule has 0 aliphatic carbocycles. The monoisotopic (exact) mass is 318 g/mol. The van der Waals surface area contributed by atoms with Crippen LogP contribution in [0.2, 0.25) is 0 Å². The molecular formula is C16H18N2O5. The molecule has 2 rings (SSSR count). The third kappa shape index (κ3) is 2.95. The predicted molar refractivity (Wildman–Crippen MR) is 81.4 cm³/mol. The van der Waals surface area contributed by atoms with Crippen LogP contribution in [0.25, 0.3) is 0 Å². The molecule has 23 heavy (non-hydrogen) atoms. The minimum Gasteiger partial charge on any atom is -0.481 e. The van der Waals surface area contributed by atoms with Crippen molar-refractivity contribution < 1.29 is 23.7 Å². The molecule has 1 aromatic heterocycles. The molecule has 1 unspecified atom stereocenters. The van der Waals surface area contributed by atoms with E-state index in [0.717, 1.165) is 0 Å². The van der Waals surface area contributed by atoms with Crippen molar-refractivity contribution >= 4 is 5.97 Å². The second-order valence-corrected chi connectivity index (χ2v) is 4.52. The van der Waals surface area contributed by atoms with Crippen LogP contribution >= 0.6 is 0 Å². The van der Waals surface area contributed by atoms with E-state index in [9.17, 15) is 4.79 Å². The smallest absolute Gasteiger partial charge is 0.351 e. The fourth-order valence-corrected chi connectivity index (χ4v) is 2.22. The molecule has 0 bridgehead atoms. The number of hydrogen-bond donors (Lipinski definition) is 0. The Morgan fingerprint density at radius 3 is 1.96 bits per heavy atom. The number of esters is 1. The highest BCUT2D eigenvalue weighted by Gasteiger charge is 2.47. The van der Waals surface area contributed by atoms with Crippen molar-refractivity contribution in [2.75, 3.05) is 28.4 Å². The first-order valence-electron chi connectivity index (χ1n) is 6.79. The summed E-state index contributed by atoms with van der Waals surface area (Å²) in [6, 6.07) is 10.4. The lowest BCUT2D eigenvalue weighted by Gasteiger charge is -2.28. The maximum atomic E-state index is 12.6. The summed E-state index contributed by atoms with van der Waals surface area (Å²) in [7, 11) is 5.58. The average Bonchev–Trinajstić information content (AvgIpc) is 2.63. The zero-order valence-corrected chi connectivity index (χ0v) is 13.4. The normalized spacial score (nSPS) is 13.0. The van der Waals surface area contributed by atoms with E-state index in [1.807, 2.05) is 6.07 Å². The van der Waals surface area contributed by atoms with Crippen molar-refractivity contribution in [1.29, 1.82) is 0 Å². The Labute approximate surface area is 134 Å². The number of nitrogens with zero attached hydrogens (tertiary/aromatic N) is 2. The van der Waals surface area contributed by atoms with E-state index in [2.05, 4.69) is 9.97 Å². The lowest BCUT2D eigenvalue weighted by Crippen LogP contribution is -2.41. The van der Waals surface area contributed by atoms with Crippen LogP contribution < -0.4 is 9.47 Å². The number of benzene rings is 1. The molecule has 7 heteroatoms. The van der Waals surface area contributed by atoms with E-state index >= 15 is 0 Å². The summed E-state index contributed by atoms with van der Waals surface area (Å²) < 4.78 is 20.8. The average molecular weight is 318 g/mol. The molecule has 0 saturated heterocycles. The van der Waals surface area contributed by atoms with Gasteiger partial charge in [-0.05, 0) is 0 Å². The number of aromatic nitrogens is 2. The van der Waals surface area contributed by atoms with Gasteiger partial charge < -0.3 is 18.9 Å². The van der Waals surface area contributed by atoms with Gasteiger partial charge in [-0.2, -0.15) is 9.97 Å². The molecule has 0 fully saturated rings. The first-order chi connectivity index (χ1) is 11.1. The fourth-order valence-electron chi connectivity index (χ4n) is 2.22. The van der Waals surface area contributed by atoms with Crippen LogP contribution in [0.15, 0.2) is 36.4 Å². The second-order valence-electron chi connectivity index (χ2n) is 4.52. The Kier molecular flexibility index (Phi) is 5.13. The van der Waals surface area contributed by atoms with Gasteiger partial charge in [-0.1, -0.05) is 30.3 Å². The molecule has 1 heterocycles. The third-order valence-electron chi connectivity index (χ3n) is 3.37. The van der Waals surface area contributed by atoms with Gasteiger partial charge in [0.05, 0.1) is 27.4 Å². The number of ether oxygens (including phenoxy) is 4. The van der Waals surface area contributed by atoms with Crippen LogP contribution in [-0.4, -0.2) is 44.4 Å². The summed E-state index contributed by atoms with van der Waals surface area (Å²) >= 11 is 0. The van der Waals surface area contributed by atoms with Gasteiger partial charge in [0, 0.05) is 12.7 Å². The van der Waals surface area contributed by atoms with Crippen LogP contribution in [0.1, 0.15) is 11.4 Å². The molecule has 0 N–H and O–H groups in total. The Bertz CT molecular complexity index is 655. The highest BCUT2D eigenvalue weighted by atomic mass is 16.6. The number of hydrogen-bond acceptors (Lipinski definition) is 7. The van der Waals surface area contributed by atoms with E-state index in [1.165, 1.54) is 34.5 Å². The molecule has 0 spiro atoms. The minimum atomic E-state index is -1.63. The van der Waals surface area contributed by atoms with E-state index in [-0.39, 0.29) is 17.6 Å². The van der Waals surface area contributed by atoms with Gasteiger partial charge in [0.1, 0.15) is 0 Å². The van der Waals surface area contributed by atoms with Gasteiger partial charge in [-0.25, -0.2) is 4.79 Å². The maximum absolute atomic E-state index is 12.6. The molecule has 0 saturated carbocycles. The lowest BCUT2D eigenvalue weighted by atomic mass is 9.92. The van der Waals surface area contributed by atoms with Crippen LogP contribution in [0, 0.1) is 0 Å². The minimum absolute atomic E-state index is 0.0641. The van der Waals surface area contributed by atoms with Gasteiger partial charge >= 0.3 is 5.97 Å². The molecule has 7 nitrogen and oxygen atoms in total. The summed E-state index contributed by atoms with van der Waals surface area (Å²) in [5.74, 6) is -0.100. The summed E-state index contributed by atoms with van der Waals surface area (Å²) in [5.41, 5.74) is -1.10. The van der Waals surface area contributed by atoms with Crippen LogP contribution in [-0.2, 0) is 19.9 Å². The number of carbonyl (C=O) groups is 1. The summed E-state index contributed by atoms with van der Waals surface area (Å²) in [6.45, 7) is 0. The molecule has 0 aliphatic rings. The van der Waals surface area contributed by atoms with Crippen LogP contribution in [0.3, 0.4) is 0 Å². The van der Waals surface area contributed by atoms with Crippen molar-refractivity contribution in [2.45, 2.75) is 5.60 Å². The van der Waals surface area contributed by atoms with E-state index in [1.54, 1.807) is 24.3 Å². The summed E-state index contributed by atoms with van der Waals surface area (Å²) in [4.78, 5) is 21.1. The summed E-state index contributed by atoms with van der Waals surface area (Å²) in [5, 5.41) is 0. The molecule has 0 amide bonds. The second kappa shape index (κ2) is 7.06. The Balaban J connectivity index is 2.74. The highest BCUT2D eigenvalue weighted by molar-refractivity contribution is 5.84. The SMILES string of the molecule is COC(=O)C(OC)(c1ccccc1)c1nc(OC)cc(OC)n1. The van der Waals surface area contributed by atoms with Gasteiger partial charge in [-0.3, -0.25) is 0 Å². The molecular weight excluding hydrogens is 300 g/mol. The molecule has 0 radical (unpaired) electrons. The van der Waals surface area contributed by atoms with Crippen molar-refractivity contribution in [2.24, 2.45) is 0 Å². The van der Waals surface area contributed by atoms with Gasteiger partial charge in [0.25, 0.3) is 0 Å². The van der Waals surface area contributed by atoms with Crippen molar-refractivity contribution in [3.8, 4) is 11.8 Å². The standard InChI is InChI=1S/C16H18N2O5/c1-20-12-10-13(21-2)18-14(17-12)16(23-4,15(19)22-3)11-8-6-5-7-9-11/h5-10H,1-4H3. The quantitative estimate of drug-likeness (QED) is 0.748. The fraction of sp³-hybridized carbons (Fsp3) is 0.312. The van der Waals surface area contributed by atoms with E-state index in [4.69, 9.17) is 18.9 Å². The molecule has 0 aliphatic heterocycles. The van der Waals surface area contributed by atoms with Gasteiger partial charge in [0.15, 0.2) is 5.82 Å². The molecule has 1 atom stereocenters. The highest BCUT2D eigenvalue weighted by Crippen LogP contribution is 2.34. The zero-order chi connectivity index (χ0) is 16.9. The van der Waals surface area contributed by atoms with Crippen LogP contribution in [0.5, 0.6) is 11.8 Å². The van der Waals surface area contributed by atoms with Crippen molar-refractivity contribution in [3.05, 3.63) is 47.8 Å². The predicted octanol–water partition coefficient (Wildman–Crippen LogP) is 1.56. The van der Waals surface area contributed by atoms with E-state index < -0.39 is 11.6 Å². The Morgan fingerprint density at radius 2 is 1.52 bits per heavy atom. The number of rotatable bonds is 6.